The van der Waals surface area contributed by atoms with Gasteiger partial charge in [0.2, 0.25) is 5.91 Å². The Morgan fingerprint density at radius 1 is 1.57 bits per heavy atom. The molecule has 2 heterocycles. The number of ether oxygens (including phenoxy) is 1. The topological polar surface area (TPSA) is 58.2 Å². The molecule has 1 N–H and O–H groups in total. The Hall–Kier alpha value is -1.95. The number of H-pyrrole nitrogens is 1. The smallest absolute Gasteiger partial charge is 0.225 e. The van der Waals surface area contributed by atoms with Crippen LogP contribution < -0.4 is 0 Å². The number of amides is 1. The summed E-state index contributed by atoms with van der Waals surface area (Å²) >= 11 is 0. The van der Waals surface area contributed by atoms with E-state index in [0.717, 1.165) is 30.7 Å². The Kier molecular flexibility index (Phi) is 3.88. The largest absolute Gasteiger partial charge is 0.384 e. The molecule has 21 heavy (non-hydrogen) atoms. The maximum absolute atomic E-state index is 13.2. The molecule has 1 aromatic carbocycles. The average molecular weight is 291 g/mol. The van der Waals surface area contributed by atoms with Gasteiger partial charge < -0.3 is 14.6 Å². The van der Waals surface area contributed by atoms with Gasteiger partial charge in [-0.2, -0.15) is 0 Å². The molecule has 0 unspecified atom stereocenters. The summed E-state index contributed by atoms with van der Waals surface area (Å²) in [6.45, 7) is 1.16. The number of nitrogens with zero attached hydrogens (tertiary/aromatic N) is 2. The molecule has 1 aliphatic rings. The number of imidazole rings is 1. The predicted molar refractivity (Wildman–Crippen MR) is 76.2 cm³/mol. The molecule has 0 spiro atoms. The minimum Gasteiger partial charge on any atom is -0.384 e. The Morgan fingerprint density at radius 2 is 2.43 bits per heavy atom. The maximum Gasteiger partial charge on any atom is 0.225 e. The van der Waals surface area contributed by atoms with Crippen molar-refractivity contribution in [1.29, 1.82) is 0 Å². The van der Waals surface area contributed by atoms with E-state index < -0.39 is 0 Å². The zero-order valence-corrected chi connectivity index (χ0v) is 11.9. The SMILES string of the molecule is COCCC(=O)N1CCC[C@H]1c1nc2ccc(F)cc2[nH]1. The Morgan fingerprint density at radius 3 is 3.24 bits per heavy atom. The van der Waals surface area contributed by atoms with Crippen LogP contribution in [0.4, 0.5) is 4.39 Å². The Bertz CT molecular complexity index is 655. The molecule has 112 valence electrons. The molecule has 1 aromatic heterocycles. The van der Waals surface area contributed by atoms with Gasteiger partial charge in [-0.15, -0.1) is 0 Å². The van der Waals surface area contributed by atoms with Gasteiger partial charge in [0.25, 0.3) is 0 Å². The third-order valence-electron chi connectivity index (χ3n) is 3.87. The van der Waals surface area contributed by atoms with Gasteiger partial charge in [-0.3, -0.25) is 4.79 Å². The number of carbonyl (C=O) groups excluding carboxylic acids is 1. The third kappa shape index (κ3) is 2.76. The first-order chi connectivity index (χ1) is 10.2. The van der Waals surface area contributed by atoms with Crippen LogP contribution in [0.25, 0.3) is 11.0 Å². The molecule has 0 radical (unpaired) electrons. The van der Waals surface area contributed by atoms with Crippen LogP contribution in [-0.2, 0) is 9.53 Å². The van der Waals surface area contributed by atoms with E-state index in [0.29, 0.717) is 18.5 Å². The molecule has 5 nitrogen and oxygen atoms in total. The minimum atomic E-state index is -0.294. The second-order valence-corrected chi connectivity index (χ2v) is 5.27. The first kappa shape index (κ1) is 14.0. The molecule has 6 heteroatoms. The van der Waals surface area contributed by atoms with E-state index in [2.05, 4.69) is 9.97 Å². The van der Waals surface area contributed by atoms with Gasteiger partial charge >= 0.3 is 0 Å². The van der Waals surface area contributed by atoms with Crippen molar-refractivity contribution >= 4 is 16.9 Å². The minimum absolute atomic E-state index is 0.0511. The molecular formula is C15H18FN3O2. The summed E-state index contributed by atoms with van der Waals surface area (Å²) < 4.78 is 18.2. The van der Waals surface area contributed by atoms with Gasteiger partial charge in [-0.05, 0) is 31.0 Å². The van der Waals surface area contributed by atoms with Crippen LogP contribution in [0.15, 0.2) is 18.2 Å². The zero-order chi connectivity index (χ0) is 14.8. The van der Waals surface area contributed by atoms with Crippen molar-refractivity contribution in [2.75, 3.05) is 20.3 Å². The van der Waals surface area contributed by atoms with Crippen LogP contribution in [0.2, 0.25) is 0 Å². The number of carbonyl (C=O) groups is 1. The first-order valence-electron chi connectivity index (χ1n) is 7.12. The zero-order valence-electron chi connectivity index (χ0n) is 11.9. The fraction of sp³-hybridized carbons (Fsp3) is 0.467. The van der Waals surface area contributed by atoms with Crippen molar-refractivity contribution in [2.24, 2.45) is 0 Å². The Balaban J connectivity index is 1.84. The van der Waals surface area contributed by atoms with Gasteiger partial charge in [-0.1, -0.05) is 0 Å². The highest BCUT2D eigenvalue weighted by atomic mass is 19.1. The molecule has 1 atom stereocenters. The molecule has 1 amide bonds. The van der Waals surface area contributed by atoms with Crippen LogP contribution in [0.5, 0.6) is 0 Å². The van der Waals surface area contributed by atoms with Gasteiger partial charge in [0.1, 0.15) is 11.6 Å². The van der Waals surface area contributed by atoms with Crippen molar-refractivity contribution in [2.45, 2.75) is 25.3 Å². The lowest BCUT2D eigenvalue weighted by atomic mass is 10.2. The molecule has 1 aliphatic heterocycles. The van der Waals surface area contributed by atoms with E-state index in [-0.39, 0.29) is 17.8 Å². The number of benzene rings is 1. The molecule has 0 bridgehead atoms. The van der Waals surface area contributed by atoms with E-state index in [1.54, 1.807) is 13.2 Å². The average Bonchev–Trinajstić information content (AvgIpc) is 3.09. The van der Waals surface area contributed by atoms with Gasteiger partial charge in [0, 0.05) is 13.7 Å². The van der Waals surface area contributed by atoms with Crippen LogP contribution in [-0.4, -0.2) is 41.0 Å². The number of hydrogen-bond donors (Lipinski definition) is 1. The highest BCUT2D eigenvalue weighted by molar-refractivity contribution is 5.78. The van der Waals surface area contributed by atoms with Gasteiger partial charge in [-0.25, -0.2) is 9.37 Å². The summed E-state index contributed by atoms with van der Waals surface area (Å²) in [6, 6.07) is 4.42. The fourth-order valence-electron chi connectivity index (χ4n) is 2.84. The fourth-order valence-corrected chi connectivity index (χ4v) is 2.84. The lowest BCUT2D eigenvalue weighted by Gasteiger charge is -2.23. The Labute approximate surface area is 122 Å². The van der Waals surface area contributed by atoms with Crippen LogP contribution in [0.1, 0.15) is 31.1 Å². The third-order valence-corrected chi connectivity index (χ3v) is 3.87. The number of rotatable bonds is 4. The molecule has 0 aliphatic carbocycles. The van der Waals surface area contributed by atoms with Crippen molar-refractivity contribution in [3.05, 3.63) is 29.8 Å². The van der Waals surface area contributed by atoms with Crippen molar-refractivity contribution in [1.82, 2.24) is 14.9 Å². The molecule has 1 fully saturated rings. The molecular weight excluding hydrogens is 273 g/mol. The summed E-state index contributed by atoms with van der Waals surface area (Å²) in [4.78, 5) is 21.7. The number of fused-ring (bicyclic) bond motifs is 1. The lowest BCUT2D eigenvalue weighted by molar-refractivity contribution is -0.133. The molecule has 0 saturated carbocycles. The summed E-state index contributed by atoms with van der Waals surface area (Å²) in [6.07, 6.45) is 2.21. The van der Waals surface area contributed by atoms with Gasteiger partial charge in [0.05, 0.1) is 30.1 Å². The first-order valence-corrected chi connectivity index (χ1v) is 7.12. The molecule has 3 rings (SSSR count). The molecule has 1 saturated heterocycles. The summed E-state index contributed by atoms with van der Waals surface area (Å²) in [5.41, 5.74) is 1.39. The lowest BCUT2D eigenvalue weighted by Crippen LogP contribution is -2.31. The quantitative estimate of drug-likeness (QED) is 0.941. The number of hydrogen-bond acceptors (Lipinski definition) is 3. The van der Waals surface area contributed by atoms with Crippen LogP contribution in [0.3, 0.4) is 0 Å². The monoisotopic (exact) mass is 291 g/mol. The number of likely N-dealkylation sites (tertiary alicyclic amines) is 1. The standard InChI is InChI=1S/C15H18FN3O2/c1-21-8-6-14(20)19-7-2-3-13(19)15-17-11-5-4-10(16)9-12(11)18-15/h4-5,9,13H,2-3,6-8H2,1H3,(H,17,18)/t13-/m0/s1. The van der Waals surface area contributed by atoms with E-state index in [9.17, 15) is 9.18 Å². The van der Waals surface area contributed by atoms with E-state index in [1.807, 2.05) is 4.90 Å². The predicted octanol–water partition coefficient (Wildman–Crippen LogP) is 2.40. The van der Waals surface area contributed by atoms with E-state index >= 15 is 0 Å². The maximum atomic E-state index is 13.2. The van der Waals surface area contributed by atoms with Gasteiger partial charge in [0.15, 0.2) is 0 Å². The normalized spacial score (nSPS) is 18.6. The number of methoxy groups -OCH3 is 1. The summed E-state index contributed by atoms with van der Waals surface area (Å²) in [7, 11) is 1.59. The van der Waals surface area contributed by atoms with Crippen molar-refractivity contribution in [3.8, 4) is 0 Å². The summed E-state index contributed by atoms with van der Waals surface area (Å²) in [5, 5.41) is 0. The van der Waals surface area contributed by atoms with Crippen LogP contribution in [0, 0.1) is 5.82 Å². The van der Waals surface area contributed by atoms with E-state index in [1.165, 1.54) is 12.1 Å². The van der Waals surface area contributed by atoms with E-state index in [4.69, 9.17) is 4.74 Å². The number of aromatic nitrogens is 2. The molecule has 2 aromatic rings. The highest BCUT2D eigenvalue weighted by Crippen LogP contribution is 2.31. The van der Waals surface area contributed by atoms with Crippen molar-refractivity contribution in [3.63, 3.8) is 0 Å². The van der Waals surface area contributed by atoms with Crippen molar-refractivity contribution < 1.29 is 13.9 Å². The number of halogens is 1. The number of aromatic amines is 1. The van der Waals surface area contributed by atoms with Crippen LogP contribution >= 0.6 is 0 Å². The highest BCUT2D eigenvalue weighted by Gasteiger charge is 2.31. The second kappa shape index (κ2) is 5.81. The second-order valence-electron chi connectivity index (χ2n) is 5.27. The summed E-state index contributed by atoms with van der Waals surface area (Å²) in [5.74, 6) is 0.516. The number of nitrogens with one attached hydrogen (secondary N) is 1.